The van der Waals surface area contributed by atoms with E-state index in [4.69, 9.17) is 0 Å². The Balaban J connectivity index is 3.56. The Bertz CT molecular complexity index is 266. The molecule has 0 radical (unpaired) electrons. The van der Waals surface area contributed by atoms with E-state index in [1.54, 1.807) is 0 Å². The number of unbranched alkanes of at least 4 members (excludes halogenated alkanes) is 2. The molecule has 88 valence electrons. The Morgan fingerprint density at radius 2 is 1.12 bits per heavy atom. The highest BCUT2D eigenvalue weighted by atomic mass is 16.1. The highest BCUT2D eigenvalue weighted by Crippen LogP contribution is 2.01. The maximum Gasteiger partial charge on any atom is 0.145 e. The zero-order valence-electron chi connectivity index (χ0n) is 10.1. The molecule has 0 N–H and O–H groups in total. The van der Waals surface area contributed by atoms with Crippen LogP contribution >= 0.6 is 0 Å². The lowest BCUT2D eigenvalue weighted by molar-refractivity contribution is -0.105. The molecule has 0 heterocycles. The van der Waals surface area contributed by atoms with Crippen LogP contribution in [0.2, 0.25) is 0 Å². The van der Waals surface area contributed by atoms with Crippen LogP contribution in [0.3, 0.4) is 0 Å². The maximum absolute atomic E-state index is 10.3. The highest BCUT2D eigenvalue weighted by molar-refractivity contribution is 5.72. The van der Waals surface area contributed by atoms with Crippen LogP contribution in [0, 0.1) is 0 Å². The number of allylic oxidation sites excluding steroid dienone is 6. The molecular formula is C14H20O2. The number of aldehydes is 2. The van der Waals surface area contributed by atoms with Crippen molar-refractivity contribution in [3.05, 3.63) is 35.5 Å². The van der Waals surface area contributed by atoms with Gasteiger partial charge in [-0.2, -0.15) is 0 Å². The van der Waals surface area contributed by atoms with Crippen molar-refractivity contribution in [3.8, 4) is 0 Å². The van der Waals surface area contributed by atoms with Gasteiger partial charge in [0, 0.05) is 0 Å². The van der Waals surface area contributed by atoms with Crippen molar-refractivity contribution in [1.29, 1.82) is 0 Å². The third kappa shape index (κ3) is 9.13. The molecule has 0 aromatic rings. The molecule has 0 atom stereocenters. The van der Waals surface area contributed by atoms with Gasteiger partial charge in [-0.1, -0.05) is 24.3 Å². The Kier molecular flexibility index (Phi) is 9.18. The fourth-order valence-electron chi connectivity index (χ4n) is 1.15. The van der Waals surface area contributed by atoms with Gasteiger partial charge >= 0.3 is 0 Å². The van der Waals surface area contributed by atoms with Gasteiger partial charge in [0.2, 0.25) is 0 Å². The van der Waals surface area contributed by atoms with E-state index in [-0.39, 0.29) is 0 Å². The number of carbonyl (C=O) groups is 2. The maximum atomic E-state index is 10.3. The second-order valence-electron chi connectivity index (χ2n) is 3.76. The van der Waals surface area contributed by atoms with Crippen LogP contribution in [0.1, 0.15) is 39.5 Å². The van der Waals surface area contributed by atoms with Crippen molar-refractivity contribution < 1.29 is 9.59 Å². The molecule has 16 heavy (non-hydrogen) atoms. The van der Waals surface area contributed by atoms with E-state index < -0.39 is 0 Å². The standard InChI is InChI=1S/C14H20O2/c1-13(11-15)9-7-5-3-4-6-8-10-14(2)12-16/h3-4,9-12H,5-8H2,1-2H3/b4-3+,13-9+,14-10+. The van der Waals surface area contributed by atoms with E-state index in [1.165, 1.54) is 0 Å². The quantitative estimate of drug-likeness (QED) is 0.272. The molecule has 2 heteroatoms. The lowest BCUT2D eigenvalue weighted by Gasteiger charge is -1.90. The minimum absolute atomic E-state index is 0.790. The monoisotopic (exact) mass is 220 g/mol. The predicted molar refractivity (Wildman–Crippen MR) is 67.3 cm³/mol. The van der Waals surface area contributed by atoms with Gasteiger partial charge in [-0.3, -0.25) is 9.59 Å². The SMILES string of the molecule is C/C(C=O)=C\CC/C=C/CC/C=C(\C)C=O. The number of hydrogen-bond donors (Lipinski definition) is 0. The van der Waals surface area contributed by atoms with Crippen molar-refractivity contribution in [3.63, 3.8) is 0 Å². The second-order valence-corrected chi connectivity index (χ2v) is 3.76. The van der Waals surface area contributed by atoms with Gasteiger partial charge in [-0.05, 0) is 50.7 Å². The molecule has 0 aromatic carbocycles. The molecular weight excluding hydrogens is 200 g/mol. The summed E-state index contributed by atoms with van der Waals surface area (Å²) in [5.41, 5.74) is 1.58. The first-order valence-corrected chi connectivity index (χ1v) is 5.59. The Hall–Kier alpha value is -1.44. The summed E-state index contributed by atoms with van der Waals surface area (Å²) in [5.74, 6) is 0. The fraction of sp³-hybridized carbons (Fsp3) is 0.429. The van der Waals surface area contributed by atoms with Crippen LogP contribution in [-0.2, 0) is 9.59 Å². The normalized spacial score (nSPS) is 13.1. The van der Waals surface area contributed by atoms with Gasteiger partial charge in [0.15, 0.2) is 0 Å². The van der Waals surface area contributed by atoms with E-state index in [0.717, 1.165) is 49.4 Å². The predicted octanol–water partition coefficient (Wildman–Crippen LogP) is 3.39. The molecule has 0 bridgehead atoms. The van der Waals surface area contributed by atoms with Gasteiger partial charge in [0.25, 0.3) is 0 Å². The molecule has 0 rings (SSSR count). The molecule has 0 saturated carbocycles. The average molecular weight is 220 g/mol. The topological polar surface area (TPSA) is 34.1 Å². The fourth-order valence-corrected chi connectivity index (χ4v) is 1.15. The summed E-state index contributed by atoms with van der Waals surface area (Å²) in [5, 5.41) is 0. The average Bonchev–Trinajstić information content (AvgIpc) is 2.31. The molecule has 0 spiro atoms. The van der Waals surface area contributed by atoms with E-state index in [0.29, 0.717) is 0 Å². The lowest BCUT2D eigenvalue weighted by Crippen LogP contribution is -1.77. The van der Waals surface area contributed by atoms with E-state index in [1.807, 2.05) is 26.0 Å². The molecule has 0 amide bonds. The third-order valence-electron chi connectivity index (χ3n) is 2.14. The van der Waals surface area contributed by atoms with Gasteiger partial charge in [-0.25, -0.2) is 0 Å². The molecule has 0 fully saturated rings. The van der Waals surface area contributed by atoms with E-state index in [2.05, 4.69) is 12.2 Å². The second kappa shape index (κ2) is 10.1. The molecule has 0 unspecified atom stereocenters. The van der Waals surface area contributed by atoms with Gasteiger partial charge in [0.05, 0.1) is 0 Å². The number of rotatable bonds is 8. The lowest BCUT2D eigenvalue weighted by atomic mass is 10.2. The van der Waals surface area contributed by atoms with Crippen LogP contribution in [0.5, 0.6) is 0 Å². The summed E-state index contributed by atoms with van der Waals surface area (Å²) in [6, 6.07) is 0. The minimum Gasteiger partial charge on any atom is -0.298 e. The van der Waals surface area contributed by atoms with Crippen molar-refractivity contribution in [1.82, 2.24) is 0 Å². The molecule has 0 saturated heterocycles. The zero-order valence-corrected chi connectivity index (χ0v) is 10.1. The number of hydrogen-bond acceptors (Lipinski definition) is 2. The van der Waals surface area contributed by atoms with Gasteiger partial charge < -0.3 is 0 Å². The first-order valence-electron chi connectivity index (χ1n) is 5.59. The summed E-state index contributed by atoms with van der Waals surface area (Å²) in [4.78, 5) is 20.6. The molecule has 0 aliphatic heterocycles. The smallest absolute Gasteiger partial charge is 0.145 e. The first-order chi connectivity index (χ1) is 7.70. The van der Waals surface area contributed by atoms with Gasteiger partial charge in [-0.15, -0.1) is 0 Å². The summed E-state index contributed by atoms with van der Waals surface area (Å²) in [6.45, 7) is 3.62. The Morgan fingerprint density at radius 1 is 0.750 bits per heavy atom. The van der Waals surface area contributed by atoms with Crippen LogP contribution in [0.15, 0.2) is 35.5 Å². The first kappa shape index (κ1) is 14.6. The minimum atomic E-state index is 0.790. The summed E-state index contributed by atoms with van der Waals surface area (Å²) in [6.07, 6.45) is 13.6. The summed E-state index contributed by atoms with van der Waals surface area (Å²) < 4.78 is 0. The highest BCUT2D eigenvalue weighted by Gasteiger charge is 1.84. The molecule has 0 aliphatic rings. The van der Waals surface area contributed by atoms with Crippen LogP contribution in [0.25, 0.3) is 0 Å². The van der Waals surface area contributed by atoms with Crippen LogP contribution < -0.4 is 0 Å². The van der Waals surface area contributed by atoms with E-state index >= 15 is 0 Å². The Labute approximate surface area is 97.7 Å². The van der Waals surface area contributed by atoms with Crippen molar-refractivity contribution in [2.24, 2.45) is 0 Å². The number of carbonyl (C=O) groups excluding carboxylic acids is 2. The molecule has 0 aliphatic carbocycles. The summed E-state index contributed by atoms with van der Waals surface area (Å²) >= 11 is 0. The van der Waals surface area contributed by atoms with Crippen molar-refractivity contribution >= 4 is 12.6 Å². The van der Waals surface area contributed by atoms with Crippen molar-refractivity contribution in [2.75, 3.05) is 0 Å². The largest absolute Gasteiger partial charge is 0.298 e. The third-order valence-corrected chi connectivity index (χ3v) is 2.14. The summed E-state index contributed by atoms with van der Waals surface area (Å²) in [7, 11) is 0. The molecule has 0 aromatic heterocycles. The zero-order chi connectivity index (χ0) is 12.2. The van der Waals surface area contributed by atoms with Gasteiger partial charge in [0.1, 0.15) is 12.6 Å². The Morgan fingerprint density at radius 3 is 1.44 bits per heavy atom. The van der Waals surface area contributed by atoms with E-state index in [9.17, 15) is 9.59 Å². The van der Waals surface area contributed by atoms with Crippen LogP contribution in [-0.4, -0.2) is 12.6 Å². The van der Waals surface area contributed by atoms with Crippen molar-refractivity contribution in [2.45, 2.75) is 39.5 Å². The van der Waals surface area contributed by atoms with Crippen LogP contribution in [0.4, 0.5) is 0 Å². The molecule has 2 nitrogen and oxygen atoms in total.